The maximum atomic E-state index is 13.7. The van der Waals surface area contributed by atoms with Crippen LogP contribution >= 0.6 is 11.3 Å². The number of halogens is 4. The molecule has 4 rings (SSSR count). The summed E-state index contributed by atoms with van der Waals surface area (Å²) in [5.74, 6) is -0.820. The molecule has 3 N–H and O–H groups in total. The minimum absolute atomic E-state index is 0.0718. The Morgan fingerprint density at radius 3 is 2.79 bits per heavy atom. The second-order valence-electron chi connectivity index (χ2n) is 7.64. The molecule has 3 aromatic rings. The van der Waals surface area contributed by atoms with Gasteiger partial charge in [-0.25, -0.2) is 14.4 Å². The summed E-state index contributed by atoms with van der Waals surface area (Å²) in [6, 6.07) is 2.53. The van der Waals surface area contributed by atoms with Crippen molar-refractivity contribution < 1.29 is 22.4 Å². The van der Waals surface area contributed by atoms with Crippen molar-refractivity contribution in [1.82, 2.24) is 30.6 Å². The average molecular weight is 495 g/mol. The highest BCUT2D eigenvalue weighted by atomic mass is 32.1. The van der Waals surface area contributed by atoms with Crippen molar-refractivity contribution in [2.24, 2.45) is 0 Å². The number of carbonyl (C=O) groups excluding carboxylic acids is 1. The van der Waals surface area contributed by atoms with Crippen LogP contribution in [0.4, 0.5) is 17.6 Å². The Balaban J connectivity index is 1.31. The first-order valence-electron chi connectivity index (χ1n) is 10.7. The predicted octanol–water partition coefficient (Wildman–Crippen LogP) is 3.68. The lowest BCUT2D eigenvalue weighted by atomic mass is 10.1. The number of amides is 1. The van der Waals surface area contributed by atoms with E-state index in [9.17, 15) is 22.4 Å². The molecule has 0 aromatic carbocycles. The lowest BCUT2D eigenvalue weighted by Crippen LogP contribution is -2.26. The number of imidazole rings is 1. The van der Waals surface area contributed by atoms with Gasteiger partial charge in [-0.15, -0.1) is 11.3 Å². The number of allylic oxidation sites excluding steroid dienone is 1. The number of fused-ring (bicyclic) bond motifs is 1. The molecule has 1 amide bonds. The fraction of sp³-hybridized carbons (Fsp3) is 0.364. The molecule has 0 saturated heterocycles. The zero-order valence-corrected chi connectivity index (χ0v) is 18.8. The van der Waals surface area contributed by atoms with E-state index in [0.29, 0.717) is 30.8 Å². The van der Waals surface area contributed by atoms with Gasteiger partial charge in [-0.3, -0.25) is 9.78 Å². The molecule has 0 fully saturated rings. The summed E-state index contributed by atoms with van der Waals surface area (Å²) in [4.78, 5) is 26.8. The molecule has 1 aliphatic rings. The Hall–Kier alpha value is -3.12. The number of pyridine rings is 1. The molecule has 0 bridgehead atoms. The smallest absolute Gasteiger partial charge is 0.345 e. The predicted molar refractivity (Wildman–Crippen MR) is 119 cm³/mol. The van der Waals surface area contributed by atoms with Gasteiger partial charge in [0.2, 0.25) is 0 Å². The first kappa shape index (κ1) is 24.0. The van der Waals surface area contributed by atoms with Crippen LogP contribution in [0.2, 0.25) is 0 Å². The van der Waals surface area contributed by atoms with Crippen LogP contribution in [-0.2, 0) is 32.0 Å². The molecule has 3 aromatic heterocycles. The number of carbonyl (C=O) groups is 1. The molecular weight excluding hydrogens is 472 g/mol. The quantitative estimate of drug-likeness (QED) is 0.312. The number of alkyl halides is 3. The van der Waals surface area contributed by atoms with Crippen molar-refractivity contribution in [3.05, 3.63) is 68.7 Å². The van der Waals surface area contributed by atoms with E-state index in [0.717, 1.165) is 36.1 Å². The highest BCUT2D eigenvalue weighted by Gasteiger charge is 2.39. The molecule has 0 saturated carbocycles. The second-order valence-corrected chi connectivity index (χ2v) is 8.72. The molecule has 34 heavy (non-hydrogen) atoms. The lowest BCUT2D eigenvalue weighted by Gasteiger charge is -2.07. The minimum atomic E-state index is -4.72. The molecule has 0 atom stereocenters. The molecule has 3 heterocycles. The van der Waals surface area contributed by atoms with E-state index in [1.807, 2.05) is 6.08 Å². The monoisotopic (exact) mass is 494 g/mol. The Labute approximate surface area is 196 Å². The fourth-order valence-corrected chi connectivity index (χ4v) is 4.42. The Bertz CT molecular complexity index is 1190. The van der Waals surface area contributed by atoms with Crippen LogP contribution in [-0.4, -0.2) is 38.9 Å². The summed E-state index contributed by atoms with van der Waals surface area (Å²) in [5.41, 5.74) is 1.30. The molecule has 0 unspecified atom stereocenters. The molecule has 12 heteroatoms. The maximum absolute atomic E-state index is 13.7. The summed E-state index contributed by atoms with van der Waals surface area (Å²) in [7, 11) is 0. The van der Waals surface area contributed by atoms with Crippen LogP contribution < -0.4 is 10.6 Å². The zero-order chi connectivity index (χ0) is 24.1. The number of aromatic nitrogens is 4. The van der Waals surface area contributed by atoms with Crippen molar-refractivity contribution in [2.75, 3.05) is 13.1 Å². The standard InChI is InChI=1S/C22H22F4N6OS/c23-13-4-3-9-28-16(13)12-29-21(33)19-20(22(24,25)26)34-18(32-19)8-11-27-10-7-17-30-14-5-1-2-6-15(14)31-17/h1,3-5,9,27H,2,6-8,10-12H2,(H,29,33)(H,30,31). The van der Waals surface area contributed by atoms with Crippen LogP contribution in [0.3, 0.4) is 0 Å². The van der Waals surface area contributed by atoms with Gasteiger partial charge in [0.25, 0.3) is 5.91 Å². The summed E-state index contributed by atoms with van der Waals surface area (Å²) in [5, 5.41) is 5.63. The summed E-state index contributed by atoms with van der Waals surface area (Å²) in [6.07, 6.45) is 3.49. The number of hydrogen-bond donors (Lipinski definition) is 3. The molecular formula is C22H22F4N6OS. The van der Waals surface area contributed by atoms with E-state index in [4.69, 9.17) is 0 Å². The van der Waals surface area contributed by atoms with E-state index in [1.165, 1.54) is 12.3 Å². The lowest BCUT2D eigenvalue weighted by molar-refractivity contribution is -0.134. The highest BCUT2D eigenvalue weighted by Crippen LogP contribution is 2.36. The van der Waals surface area contributed by atoms with Gasteiger partial charge in [0.05, 0.1) is 22.9 Å². The molecule has 0 radical (unpaired) electrons. The summed E-state index contributed by atoms with van der Waals surface area (Å²) < 4.78 is 54.1. The molecule has 0 aliphatic heterocycles. The topological polar surface area (TPSA) is 95.6 Å². The van der Waals surface area contributed by atoms with Crippen molar-refractivity contribution >= 4 is 23.3 Å². The minimum Gasteiger partial charge on any atom is -0.345 e. The van der Waals surface area contributed by atoms with Crippen LogP contribution in [0.1, 0.15) is 49.7 Å². The molecule has 180 valence electrons. The van der Waals surface area contributed by atoms with Crippen LogP contribution in [0, 0.1) is 5.82 Å². The van der Waals surface area contributed by atoms with Gasteiger partial charge in [-0.05, 0) is 31.1 Å². The van der Waals surface area contributed by atoms with Crippen molar-refractivity contribution in [1.29, 1.82) is 0 Å². The SMILES string of the molecule is O=C(NCc1ncccc1F)c1nc(CCNCCc2nc3c([nH]2)CCC=C3)sc1C(F)(F)F. The average Bonchev–Trinajstić information content (AvgIpc) is 3.42. The summed E-state index contributed by atoms with van der Waals surface area (Å²) in [6.45, 7) is 0.644. The first-order valence-corrected chi connectivity index (χ1v) is 11.5. The van der Waals surface area contributed by atoms with Gasteiger partial charge in [0.15, 0.2) is 5.69 Å². The van der Waals surface area contributed by atoms with Gasteiger partial charge in [-0.2, -0.15) is 13.2 Å². The van der Waals surface area contributed by atoms with Gasteiger partial charge >= 0.3 is 6.18 Å². The Kier molecular flexibility index (Phi) is 7.37. The molecule has 1 aliphatic carbocycles. The van der Waals surface area contributed by atoms with Crippen molar-refractivity contribution in [3.8, 4) is 0 Å². The number of rotatable bonds is 9. The van der Waals surface area contributed by atoms with Crippen molar-refractivity contribution in [2.45, 2.75) is 38.4 Å². The largest absolute Gasteiger partial charge is 0.427 e. The first-order chi connectivity index (χ1) is 16.3. The van der Waals surface area contributed by atoms with Gasteiger partial charge in [0, 0.05) is 37.8 Å². The third-order valence-corrected chi connectivity index (χ3v) is 6.31. The van der Waals surface area contributed by atoms with E-state index in [-0.39, 0.29) is 23.7 Å². The van der Waals surface area contributed by atoms with Crippen LogP contribution in [0.5, 0.6) is 0 Å². The summed E-state index contributed by atoms with van der Waals surface area (Å²) >= 11 is 0.439. The number of aromatic amines is 1. The maximum Gasteiger partial charge on any atom is 0.427 e. The van der Waals surface area contributed by atoms with E-state index in [1.54, 1.807) is 0 Å². The van der Waals surface area contributed by atoms with Gasteiger partial charge in [-0.1, -0.05) is 6.08 Å². The van der Waals surface area contributed by atoms with Crippen LogP contribution in [0.25, 0.3) is 6.08 Å². The number of nitrogens with one attached hydrogen (secondary N) is 3. The second kappa shape index (κ2) is 10.4. The van der Waals surface area contributed by atoms with Gasteiger partial charge < -0.3 is 15.6 Å². The molecule has 0 spiro atoms. The highest BCUT2D eigenvalue weighted by molar-refractivity contribution is 7.12. The van der Waals surface area contributed by atoms with E-state index < -0.39 is 28.5 Å². The zero-order valence-electron chi connectivity index (χ0n) is 18.0. The fourth-order valence-electron chi connectivity index (χ4n) is 3.49. The van der Waals surface area contributed by atoms with Crippen molar-refractivity contribution in [3.63, 3.8) is 0 Å². The third kappa shape index (κ3) is 5.86. The number of nitrogens with zero attached hydrogens (tertiary/aromatic N) is 3. The van der Waals surface area contributed by atoms with Crippen LogP contribution in [0.15, 0.2) is 24.4 Å². The number of H-pyrrole nitrogens is 1. The Morgan fingerprint density at radius 1 is 1.21 bits per heavy atom. The molecule has 7 nitrogen and oxygen atoms in total. The third-order valence-electron chi connectivity index (χ3n) is 5.15. The van der Waals surface area contributed by atoms with Gasteiger partial charge in [0.1, 0.15) is 16.5 Å². The van der Waals surface area contributed by atoms with E-state index in [2.05, 4.69) is 36.6 Å². The van der Waals surface area contributed by atoms with E-state index >= 15 is 0 Å². The number of thiazole rings is 1. The Morgan fingerprint density at radius 2 is 2.03 bits per heavy atom. The number of aryl methyl sites for hydroxylation is 1. The normalized spacial score (nSPS) is 13.2. The number of hydrogen-bond acceptors (Lipinski definition) is 6.